The zero-order valence-corrected chi connectivity index (χ0v) is 15.6. The van der Waals surface area contributed by atoms with E-state index in [1.807, 2.05) is 9.80 Å². The summed E-state index contributed by atoms with van der Waals surface area (Å²) >= 11 is 0. The van der Waals surface area contributed by atoms with Crippen LogP contribution in [0.1, 0.15) is 10.4 Å². The summed E-state index contributed by atoms with van der Waals surface area (Å²) in [5.41, 5.74) is 1.54. The fourth-order valence-corrected chi connectivity index (χ4v) is 3.29. The van der Waals surface area contributed by atoms with E-state index < -0.39 is 10.7 Å². The van der Waals surface area contributed by atoms with Crippen molar-refractivity contribution in [3.8, 4) is 5.75 Å². The molecule has 0 bridgehead atoms. The summed E-state index contributed by atoms with van der Waals surface area (Å²) in [4.78, 5) is 26.8. The molecule has 1 saturated heterocycles. The zero-order chi connectivity index (χ0) is 20.3. The number of anilines is 2. The number of methoxy groups -OCH3 is 1. The van der Waals surface area contributed by atoms with E-state index in [-0.39, 0.29) is 22.9 Å². The Hall–Kier alpha value is -3.36. The van der Waals surface area contributed by atoms with Crippen LogP contribution in [0.15, 0.2) is 36.4 Å². The van der Waals surface area contributed by atoms with E-state index in [4.69, 9.17) is 4.74 Å². The van der Waals surface area contributed by atoms with Gasteiger partial charge in [-0.05, 0) is 18.2 Å². The van der Waals surface area contributed by atoms with Gasteiger partial charge in [0, 0.05) is 57.1 Å². The molecule has 0 saturated carbocycles. The molecule has 3 rings (SSSR count). The van der Waals surface area contributed by atoms with Crippen molar-refractivity contribution in [1.82, 2.24) is 5.32 Å². The first-order valence-corrected chi connectivity index (χ1v) is 8.78. The van der Waals surface area contributed by atoms with Crippen LogP contribution in [-0.2, 0) is 0 Å². The molecule has 0 spiro atoms. The molecule has 0 aromatic heterocycles. The molecule has 1 amide bonds. The molecular weight excluding hydrogens is 367 g/mol. The minimum Gasteiger partial charge on any atom is -0.494 e. The van der Waals surface area contributed by atoms with E-state index in [0.29, 0.717) is 31.9 Å². The summed E-state index contributed by atoms with van der Waals surface area (Å²) in [6.07, 6.45) is 0. The number of piperazine rings is 1. The number of nitro groups is 1. The zero-order valence-electron chi connectivity index (χ0n) is 15.6. The fraction of sp³-hybridized carbons (Fsp3) is 0.316. The van der Waals surface area contributed by atoms with Gasteiger partial charge in [0.15, 0.2) is 11.6 Å². The topological polar surface area (TPSA) is 87.9 Å². The first kappa shape index (κ1) is 19.4. The van der Waals surface area contributed by atoms with Crippen LogP contribution in [0.5, 0.6) is 5.75 Å². The Morgan fingerprint density at radius 2 is 1.82 bits per heavy atom. The first-order chi connectivity index (χ1) is 13.4. The average Bonchev–Trinajstić information content (AvgIpc) is 2.72. The number of hydrogen-bond acceptors (Lipinski definition) is 6. The summed E-state index contributed by atoms with van der Waals surface area (Å²) in [5.74, 6) is -0.596. The van der Waals surface area contributed by atoms with E-state index in [1.165, 1.54) is 32.4 Å². The highest BCUT2D eigenvalue weighted by Gasteiger charge is 2.24. The largest absolute Gasteiger partial charge is 0.494 e. The number of nitrogens with one attached hydrogen (secondary N) is 1. The van der Waals surface area contributed by atoms with Crippen molar-refractivity contribution in [2.75, 3.05) is 50.1 Å². The maximum Gasteiger partial charge on any atom is 0.270 e. The standard InChI is InChI=1S/C19H21FN4O4/c1-21-19(25)15-11-14(24(26)27)3-5-17(15)23-9-7-22(8-10-23)13-4-6-18(28-2)16(20)12-13/h3-6,11-12H,7-10H2,1-2H3,(H,21,25). The maximum atomic E-state index is 14.0. The number of ether oxygens (including phenoxy) is 1. The quantitative estimate of drug-likeness (QED) is 0.625. The maximum absolute atomic E-state index is 14.0. The van der Waals surface area contributed by atoms with Crippen molar-refractivity contribution in [3.63, 3.8) is 0 Å². The van der Waals surface area contributed by atoms with Crippen molar-refractivity contribution in [2.24, 2.45) is 0 Å². The third kappa shape index (κ3) is 3.83. The predicted octanol–water partition coefficient (Wildman–Crippen LogP) is 2.43. The Kier molecular flexibility index (Phi) is 5.62. The van der Waals surface area contributed by atoms with Crippen LogP contribution < -0.4 is 19.9 Å². The van der Waals surface area contributed by atoms with Gasteiger partial charge in [-0.3, -0.25) is 14.9 Å². The van der Waals surface area contributed by atoms with E-state index in [9.17, 15) is 19.3 Å². The highest BCUT2D eigenvalue weighted by molar-refractivity contribution is 6.00. The monoisotopic (exact) mass is 388 g/mol. The van der Waals surface area contributed by atoms with Gasteiger partial charge in [-0.2, -0.15) is 0 Å². The first-order valence-electron chi connectivity index (χ1n) is 8.78. The van der Waals surface area contributed by atoms with Crippen molar-refractivity contribution in [1.29, 1.82) is 0 Å². The normalized spacial score (nSPS) is 14.0. The second-order valence-corrected chi connectivity index (χ2v) is 6.33. The fourth-order valence-electron chi connectivity index (χ4n) is 3.29. The van der Waals surface area contributed by atoms with Crippen LogP contribution >= 0.6 is 0 Å². The number of hydrogen-bond donors (Lipinski definition) is 1. The Bertz CT molecular complexity index is 897. The molecule has 1 heterocycles. The number of rotatable bonds is 5. The lowest BCUT2D eigenvalue weighted by Gasteiger charge is -2.38. The van der Waals surface area contributed by atoms with Gasteiger partial charge in [0.2, 0.25) is 0 Å². The molecule has 9 heteroatoms. The van der Waals surface area contributed by atoms with Crippen LogP contribution in [0.4, 0.5) is 21.5 Å². The van der Waals surface area contributed by atoms with Gasteiger partial charge in [0.25, 0.3) is 11.6 Å². The number of carbonyl (C=O) groups is 1. The van der Waals surface area contributed by atoms with Crippen molar-refractivity contribution in [2.45, 2.75) is 0 Å². The lowest BCUT2D eigenvalue weighted by Crippen LogP contribution is -2.47. The molecule has 1 N–H and O–H groups in total. The molecule has 2 aromatic rings. The van der Waals surface area contributed by atoms with Crippen LogP contribution in [-0.4, -0.2) is 51.2 Å². The molecule has 0 atom stereocenters. The van der Waals surface area contributed by atoms with Crippen LogP contribution in [0.3, 0.4) is 0 Å². The Morgan fingerprint density at radius 1 is 1.14 bits per heavy atom. The molecule has 148 valence electrons. The van der Waals surface area contributed by atoms with Gasteiger partial charge in [-0.1, -0.05) is 0 Å². The minimum atomic E-state index is -0.521. The van der Waals surface area contributed by atoms with E-state index in [0.717, 1.165) is 5.69 Å². The van der Waals surface area contributed by atoms with Crippen molar-refractivity contribution < 1.29 is 18.8 Å². The van der Waals surface area contributed by atoms with E-state index >= 15 is 0 Å². The second kappa shape index (κ2) is 8.12. The number of benzene rings is 2. The van der Waals surface area contributed by atoms with Gasteiger partial charge in [0.05, 0.1) is 23.3 Å². The molecule has 0 radical (unpaired) electrons. The molecule has 0 unspecified atom stereocenters. The van der Waals surface area contributed by atoms with Crippen molar-refractivity contribution >= 4 is 23.0 Å². The molecule has 0 aliphatic carbocycles. The SMILES string of the molecule is CNC(=O)c1cc([N+](=O)[O-])ccc1N1CCN(c2ccc(OC)c(F)c2)CC1. The smallest absolute Gasteiger partial charge is 0.270 e. The van der Waals surface area contributed by atoms with Crippen molar-refractivity contribution in [3.05, 3.63) is 57.9 Å². The number of nitrogens with zero attached hydrogens (tertiary/aromatic N) is 3. The third-order valence-corrected chi connectivity index (χ3v) is 4.78. The lowest BCUT2D eigenvalue weighted by molar-refractivity contribution is -0.384. The lowest BCUT2D eigenvalue weighted by atomic mass is 10.1. The molecule has 1 aliphatic rings. The molecule has 8 nitrogen and oxygen atoms in total. The number of amides is 1. The Morgan fingerprint density at radius 3 is 2.39 bits per heavy atom. The molecular formula is C19H21FN4O4. The average molecular weight is 388 g/mol. The van der Waals surface area contributed by atoms with Gasteiger partial charge >= 0.3 is 0 Å². The summed E-state index contributed by atoms with van der Waals surface area (Å²) in [5, 5.41) is 13.6. The summed E-state index contributed by atoms with van der Waals surface area (Å²) < 4.78 is 18.9. The Labute approximate surface area is 161 Å². The summed E-state index contributed by atoms with van der Waals surface area (Å²) in [7, 11) is 2.91. The minimum absolute atomic E-state index is 0.130. The molecule has 28 heavy (non-hydrogen) atoms. The number of nitro benzene ring substituents is 1. The van der Waals surface area contributed by atoms with Gasteiger partial charge in [-0.15, -0.1) is 0 Å². The molecule has 1 fully saturated rings. The summed E-state index contributed by atoms with van der Waals surface area (Å²) in [6.45, 7) is 2.43. The van der Waals surface area contributed by atoms with Gasteiger partial charge < -0.3 is 19.9 Å². The highest BCUT2D eigenvalue weighted by atomic mass is 19.1. The summed E-state index contributed by atoms with van der Waals surface area (Å²) in [6, 6.07) is 9.13. The third-order valence-electron chi connectivity index (χ3n) is 4.78. The predicted molar refractivity (Wildman–Crippen MR) is 104 cm³/mol. The second-order valence-electron chi connectivity index (χ2n) is 6.33. The van der Waals surface area contributed by atoms with Gasteiger partial charge in [-0.25, -0.2) is 4.39 Å². The number of halogens is 1. The Balaban J connectivity index is 1.78. The van der Waals surface area contributed by atoms with Crippen LogP contribution in [0, 0.1) is 15.9 Å². The van der Waals surface area contributed by atoms with E-state index in [1.54, 1.807) is 18.2 Å². The van der Waals surface area contributed by atoms with Crippen LogP contribution in [0.2, 0.25) is 0 Å². The van der Waals surface area contributed by atoms with E-state index in [2.05, 4.69) is 5.32 Å². The van der Waals surface area contributed by atoms with Crippen LogP contribution in [0.25, 0.3) is 0 Å². The number of carbonyl (C=O) groups excluding carboxylic acids is 1. The molecule has 1 aliphatic heterocycles. The number of non-ortho nitro benzene ring substituents is 1. The highest BCUT2D eigenvalue weighted by Crippen LogP contribution is 2.29. The molecule has 2 aromatic carbocycles. The van der Waals surface area contributed by atoms with Gasteiger partial charge in [0.1, 0.15) is 0 Å².